The Balaban J connectivity index is 1.34. The van der Waals surface area contributed by atoms with Crippen molar-refractivity contribution in [2.75, 3.05) is 0 Å². The van der Waals surface area contributed by atoms with E-state index in [-0.39, 0.29) is 5.41 Å². The molecule has 1 aliphatic carbocycles. The van der Waals surface area contributed by atoms with E-state index in [1.54, 1.807) is 0 Å². The average Bonchev–Trinajstić information content (AvgIpc) is 3.58. The van der Waals surface area contributed by atoms with Crippen LogP contribution in [0.2, 0.25) is 0 Å². The molecule has 214 valence electrons. The molecule has 0 radical (unpaired) electrons. The highest BCUT2D eigenvalue weighted by Crippen LogP contribution is 2.52. The fraction of sp³-hybridized carbons (Fsp3) is 0.0714. The largest absolute Gasteiger partial charge is 0.292 e. The van der Waals surface area contributed by atoms with Crippen LogP contribution >= 0.6 is 15.9 Å². The smallest absolute Gasteiger partial charge is 0.145 e. The molecule has 0 bridgehead atoms. The molecule has 0 spiro atoms. The highest BCUT2D eigenvalue weighted by Gasteiger charge is 2.36. The monoisotopic (exact) mass is 640 g/mol. The molecular formula is C42H29BrN2. The van der Waals surface area contributed by atoms with E-state index in [1.165, 1.54) is 54.9 Å². The number of benzene rings is 7. The van der Waals surface area contributed by atoms with Gasteiger partial charge in [0, 0.05) is 21.1 Å². The summed E-state index contributed by atoms with van der Waals surface area (Å²) < 4.78 is 3.42. The Morgan fingerprint density at radius 1 is 0.556 bits per heavy atom. The lowest BCUT2D eigenvalue weighted by atomic mass is 9.81. The molecule has 0 fully saturated rings. The SMILES string of the molecule is CC1(C)c2ccccc2-c2cc3c(Br)c4ccccc4c(-c4cccc(-c5nc6ccccc6n5-c5ccccc5)c4)c3cc21. The molecule has 0 atom stereocenters. The first-order valence-corrected chi connectivity index (χ1v) is 16.2. The minimum Gasteiger partial charge on any atom is -0.292 e. The number of rotatable bonds is 3. The van der Waals surface area contributed by atoms with Gasteiger partial charge in [-0.3, -0.25) is 4.57 Å². The Morgan fingerprint density at radius 3 is 2.13 bits per heavy atom. The zero-order valence-electron chi connectivity index (χ0n) is 25.1. The molecule has 0 unspecified atom stereocenters. The van der Waals surface area contributed by atoms with E-state index in [0.717, 1.165) is 32.6 Å². The summed E-state index contributed by atoms with van der Waals surface area (Å²) in [7, 11) is 0. The summed E-state index contributed by atoms with van der Waals surface area (Å²) in [6.45, 7) is 4.71. The predicted octanol–water partition coefficient (Wildman–Crippen LogP) is 11.7. The minimum atomic E-state index is -0.0854. The second kappa shape index (κ2) is 9.76. The van der Waals surface area contributed by atoms with Crippen LogP contribution in [0.15, 0.2) is 144 Å². The van der Waals surface area contributed by atoms with Gasteiger partial charge >= 0.3 is 0 Å². The van der Waals surface area contributed by atoms with Crippen LogP contribution in [-0.2, 0) is 5.41 Å². The molecule has 1 aliphatic rings. The van der Waals surface area contributed by atoms with Gasteiger partial charge in [-0.1, -0.05) is 111 Å². The van der Waals surface area contributed by atoms with Gasteiger partial charge in [0.15, 0.2) is 0 Å². The molecule has 0 aliphatic heterocycles. The second-order valence-corrected chi connectivity index (χ2v) is 13.3. The molecule has 0 N–H and O–H groups in total. The van der Waals surface area contributed by atoms with Gasteiger partial charge in [0.25, 0.3) is 0 Å². The molecule has 1 heterocycles. The highest BCUT2D eigenvalue weighted by atomic mass is 79.9. The maximum atomic E-state index is 5.18. The third-order valence-corrected chi connectivity index (χ3v) is 10.5. The van der Waals surface area contributed by atoms with Gasteiger partial charge in [0.05, 0.1) is 11.0 Å². The van der Waals surface area contributed by atoms with Crippen LogP contribution in [0.25, 0.3) is 71.9 Å². The van der Waals surface area contributed by atoms with Crippen molar-refractivity contribution < 1.29 is 0 Å². The van der Waals surface area contributed by atoms with Gasteiger partial charge in [0.2, 0.25) is 0 Å². The second-order valence-electron chi connectivity index (χ2n) is 12.5. The van der Waals surface area contributed by atoms with Crippen molar-refractivity contribution in [3.63, 3.8) is 0 Å². The quantitative estimate of drug-likeness (QED) is 0.176. The average molecular weight is 642 g/mol. The minimum absolute atomic E-state index is 0.0854. The Hall–Kier alpha value is -4.99. The van der Waals surface area contributed by atoms with Gasteiger partial charge in [-0.2, -0.15) is 0 Å². The van der Waals surface area contributed by atoms with Crippen LogP contribution in [0.3, 0.4) is 0 Å². The number of hydrogen-bond donors (Lipinski definition) is 0. The standard InChI is InChI=1S/C42H29BrN2/c1-42(2)35-20-9-8-17-29(35)32-24-34-33(25-36(32)42)39(30-18-6-7-19-31(30)40(34)43)26-13-12-14-27(23-26)41-44-37-21-10-11-22-38(37)45(41)28-15-4-3-5-16-28/h3-25H,1-2H3. The number of halogens is 1. The van der Waals surface area contributed by atoms with E-state index >= 15 is 0 Å². The third-order valence-electron chi connectivity index (χ3n) is 9.64. The number of aromatic nitrogens is 2. The van der Waals surface area contributed by atoms with Gasteiger partial charge in [-0.25, -0.2) is 4.98 Å². The molecule has 9 rings (SSSR count). The number of fused-ring (bicyclic) bond motifs is 6. The van der Waals surface area contributed by atoms with Crippen molar-refractivity contribution in [3.8, 4) is 39.3 Å². The van der Waals surface area contributed by atoms with Crippen LogP contribution in [0.5, 0.6) is 0 Å². The molecule has 0 saturated heterocycles. The first-order chi connectivity index (χ1) is 22.0. The Kier molecular flexibility index (Phi) is 5.73. The van der Waals surface area contributed by atoms with Crippen molar-refractivity contribution in [2.45, 2.75) is 19.3 Å². The molecule has 7 aromatic carbocycles. The van der Waals surface area contributed by atoms with E-state index in [1.807, 2.05) is 0 Å². The fourth-order valence-corrected chi connectivity index (χ4v) is 8.18. The molecule has 3 heteroatoms. The number of hydrogen-bond acceptors (Lipinski definition) is 1. The molecule has 45 heavy (non-hydrogen) atoms. The Morgan fingerprint density at radius 2 is 1.27 bits per heavy atom. The summed E-state index contributed by atoms with van der Waals surface area (Å²) in [5, 5.41) is 4.94. The van der Waals surface area contributed by atoms with Crippen LogP contribution in [0.1, 0.15) is 25.0 Å². The normalized spacial score (nSPS) is 13.4. The number of nitrogens with zero attached hydrogens (tertiary/aromatic N) is 2. The van der Waals surface area contributed by atoms with E-state index in [4.69, 9.17) is 4.98 Å². The zero-order chi connectivity index (χ0) is 30.3. The Bertz CT molecular complexity index is 2470. The summed E-state index contributed by atoms with van der Waals surface area (Å²) in [5.74, 6) is 0.937. The van der Waals surface area contributed by atoms with Crippen molar-refractivity contribution in [2.24, 2.45) is 0 Å². The zero-order valence-corrected chi connectivity index (χ0v) is 26.6. The van der Waals surface area contributed by atoms with Crippen molar-refractivity contribution >= 4 is 48.5 Å². The van der Waals surface area contributed by atoms with Crippen LogP contribution in [0.4, 0.5) is 0 Å². The van der Waals surface area contributed by atoms with Crippen LogP contribution in [0, 0.1) is 0 Å². The molecule has 0 saturated carbocycles. The maximum absolute atomic E-state index is 5.18. The first-order valence-electron chi connectivity index (χ1n) is 15.4. The van der Waals surface area contributed by atoms with Crippen LogP contribution < -0.4 is 0 Å². The van der Waals surface area contributed by atoms with E-state index < -0.39 is 0 Å². The molecule has 2 nitrogen and oxygen atoms in total. The molecule has 1 aromatic heterocycles. The molecule has 8 aromatic rings. The topological polar surface area (TPSA) is 17.8 Å². The first kappa shape index (κ1) is 26.4. The van der Waals surface area contributed by atoms with E-state index in [2.05, 4.69) is 174 Å². The van der Waals surface area contributed by atoms with Gasteiger partial charge < -0.3 is 0 Å². The molecule has 0 amide bonds. The van der Waals surface area contributed by atoms with Crippen molar-refractivity contribution in [1.29, 1.82) is 0 Å². The van der Waals surface area contributed by atoms with Gasteiger partial charge in [0.1, 0.15) is 5.82 Å². The lowest BCUT2D eigenvalue weighted by Gasteiger charge is -2.23. The highest BCUT2D eigenvalue weighted by molar-refractivity contribution is 9.10. The maximum Gasteiger partial charge on any atom is 0.145 e. The fourth-order valence-electron chi connectivity index (χ4n) is 7.50. The van der Waals surface area contributed by atoms with Crippen molar-refractivity contribution in [1.82, 2.24) is 9.55 Å². The Labute approximate surface area is 270 Å². The summed E-state index contributed by atoms with van der Waals surface area (Å²) in [6, 6.07) is 50.4. The van der Waals surface area contributed by atoms with Gasteiger partial charge in [-0.05, 0) is 113 Å². The summed E-state index contributed by atoms with van der Waals surface area (Å²) in [4.78, 5) is 5.18. The predicted molar refractivity (Wildman–Crippen MR) is 192 cm³/mol. The summed E-state index contributed by atoms with van der Waals surface area (Å²) in [5.41, 5.74) is 12.0. The summed E-state index contributed by atoms with van der Waals surface area (Å²) >= 11 is 4.06. The lowest BCUT2D eigenvalue weighted by Crippen LogP contribution is -2.14. The number of para-hydroxylation sites is 3. The third kappa shape index (κ3) is 3.84. The van der Waals surface area contributed by atoms with E-state index in [0.29, 0.717) is 0 Å². The van der Waals surface area contributed by atoms with E-state index in [9.17, 15) is 0 Å². The molecular weight excluding hydrogens is 612 g/mol. The lowest BCUT2D eigenvalue weighted by molar-refractivity contribution is 0.661. The van der Waals surface area contributed by atoms with Crippen LogP contribution in [-0.4, -0.2) is 9.55 Å². The summed E-state index contributed by atoms with van der Waals surface area (Å²) in [6.07, 6.45) is 0. The number of imidazole rings is 1. The van der Waals surface area contributed by atoms with Crippen molar-refractivity contribution in [3.05, 3.63) is 155 Å². The van der Waals surface area contributed by atoms with Gasteiger partial charge in [-0.15, -0.1) is 0 Å².